The van der Waals surface area contributed by atoms with Crippen molar-refractivity contribution < 1.29 is 4.84 Å². The van der Waals surface area contributed by atoms with Crippen LogP contribution in [0.25, 0.3) is 0 Å². The highest BCUT2D eigenvalue weighted by molar-refractivity contribution is 4.68. The molecule has 1 aliphatic carbocycles. The van der Waals surface area contributed by atoms with Gasteiger partial charge in [0, 0.05) is 13.1 Å². The number of hydrogen-bond acceptors (Lipinski definition) is 2. The molecule has 0 spiro atoms. The number of nitrogens with zero attached hydrogens (tertiary/aromatic N) is 1. The van der Waals surface area contributed by atoms with Crippen LogP contribution in [0.5, 0.6) is 0 Å². The van der Waals surface area contributed by atoms with Gasteiger partial charge in [-0.1, -0.05) is 19.3 Å². The molecule has 0 saturated heterocycles. The molecule has 0 aromatic carbocycles. The zero-order valence-corrected chi connectivity index (χ0v) is 6.97. The Morgan fingerprint density at radius 3 is 2.30 bits per heavy atom. The van der Waals surface area contributed by atoms with Gasteiger partial charge in [0.05, 0.1) is 7.11 Å². The fourth-order valence-electron chi connectivity index (χ4n) is 1.59. The fraction of sp³-hybridized carbons (Fsp3) is 1.00. The van der Waals surface area contributed by atoms with Gasteiger partial charge in [-0.3, -0.25) is 0 Å². The van der Waals surface area contributed by atoms with Crippen LogP contribution < -0.4 is 0 Å². The molecule has 2 nitrogen and oxygen atoms in total. The normalized spacial score (nSPS) is 21.9. The Hall–Kier alpha value is -0.0800. The van der Waals surface area contributed by atoms with Crippen LogP contribution in [0.1, 0.15) is 32.1 Å². The lowest BCUT2D eigenvalue weighted by Gasteiger charge is -2.28. The highest BCUT2D eigenvalue weighted by Gasteiger charge is 2.16. The summed E-state index contributed by atoms with van der Waals surface area (Å²) in [5, 5.41) is 1.99. The molecule has 1 rings (SSSR count). The molecule has 0 amide bonds. The van der Waals surface area contributed by atoms with E-state index in [9.17, 15) is 0 Å². The topological polar surface area (TPSA) is 12.5 Å². The van der Waals surface area contributed by atoms with Gasteiger partial charge in [-0.05, 0) is 12.8 Å². The van der Waals surface area contributed by atoms with Gasteiger partial charge in [-0.15, -0.1) is 0 Å². The minimum atomic E-state index is 0.679. The molecule has 0 aliphatic heterocycles. The van der Waals surface area contributed by atoms with Crippen LogP contribution in [0, 0.1) is 0 Å². The van der Waals surface area contributed by atoms with E-state index in [0.29, 0.717) is 6.04 Å². The average molecular weight is 143 g/mol. The van der Waals surface area contributed by atoms with Crippen molar-refractivity contribution in [2.75, 3.05) is 14.2 Å². The third-order valence-corrected chi connectivity index (χ3v) is 2.38. The van der Waals surface area contributed by atoms with Crippen molar-refractivity contribution in [3.8, 4) is 0 Å². The molecule has 0 bridgehead atoms. The Bertz CT molecular complexity index is 89.3. The first kappa shape index (κ1) is 8.02. The summed E-state index contributed by atoms with van der Waals surface area (Å²) in [4.78, 5) is 5.12. The number of hydrogen-bond donors (Lipinski definition) is 0. The molecule has 10 heavy (non-hydrogen) atoms. The molecule has 0 heterocycles. The number of hydroxylamine groups is 2. The third-order valence-electron chi connectivity index (χ3n) is 2.38. The Kier molecular flexibility index (Phi) is 3.16. The lowest BCUT2D eigenvalue weighted by molar-refractivity contribution is -0.147. The second-order valence-electron chi connectivity index (χ2n) is 3.02. The molecule has 0 aromatic rings. The van der Waals surface area contributed by atoms with Crippen LogP contribution in [-0.2, 0) is 4.84 Å². The van der Waals surface area contributed by atoms with Gasteiger partial charge < -0.3 is 4.84 Å². The van der Waals surface area contributed by atoms with Crippen molar-refractivity contribution >= 4 is 0 Å². The van der Waals surface area contributed by atoms with Crippen LogP contribution >= 0.6 is 0 Å². The highest BCUT2D eigenvalue weighted by atomic mass is 16.7. The standard InChI is InChI=1S/C8H17NO/c1-9(10-2)8-6-4-3-5-7-8/h8H,3-7H2,1-2H3. The Balaban J connectivity index is 2.24. The summed E-state index contributed by atoms with van der Waals surface area (Å²) in [6.45, 7) is 0. The summed E-state index contributed by atoms with van der Waals surface area (Å²) in [6.07, 6.45) is 6.78. The molecule has 0 N–H and O–H groups in total. The Labute approximate surface area is 63.1 Å². The molecule has 0 radical (unpaired) electrons. The van der Waals surface area contributed by atoms with Gasteiger partial charge >= 0.3 is 0 Å². The van der Waals surface area contributed by atoms with Gasteiger partial charge in [0.25, 0.3) is 0 Å². The predicted octanol–water partition coefficient (Wildman–Crippen LogP) is 1.81. The first-order chi connectivity index (χ1) is 4.84. The number of rotatable bonds is 2. The molecule has 0 aromatic heterocycles. The van der Waals surface area contributed by atoms with Crippen LogP contribution in [0.4, 0.5) is 0 Å². The Morgan fingerprint density at radius 1 is 1.20 bits per heavy atom. The smallest absolute Gasteiger partial charge is 0.0575 e. The van der Waals surface area contributed by atoms with Crippen molar-refractivity contribution in [3.05, 3.63) is 0 Å². The summed E-state index contributed by atoms with van der Waals surface area (Å²) in [6, 6.07) is 0.679. The molecule has 1 aliphatic rings. The van der Waals surface area contributed by atoms with Gasteiger partial charge in [-0.2, -0.15) is 5.06 Å². The summed E-state index contributed by atoms with van der Waals surface area (Å²) in [5.74, 6) is 0. The van der Waals surface area contributed by atoms with E-state index >= 15 is 0 Å². The summed E-state index contributed by atoms with van der Waals surface area (Å²) in [5.41, 5.74) is 0. The largest absolute Gasteiger partial charge is 0.302 e. The van der Waals surface area contributed by atoms with E-state index in [4.69, 9.17) is 4.84 Å². The van der Waals surface area contributed by atoms with E-state index in [1.165, 1.54) is 32.1 Å². The average Bonchev–Trinajstić information content (AvgIpc) is 2.05. The molecular formula is C8H17NO. The molecule has 1 fully saturated rings. The maximum Gasteiger partial charge on any atom is 0.0575 e. The first-order valence-electron chi connectivity index (χ1n) is 4.11. The van der Waals surface area contributed by atoms with E-state index < -0.39 is 0 Å². The minimum absolute atomic E-state index is 0.679. The minimum Gasteiger partial charge on any atom is -0.302 e. The monoisotopic (exact) mass is 143 g/mol. The van der Waals surface area contributed by atoms with Crippen molar-refractivity contribution in [1.82, 2.24) is 5.06 Å². The SMILES string of the molecule is CON(C)C1CCCCC1. The lowest BCUT2D eigenvalue weighted by atomic mass is 9.96. The van der Waals surface area contributed by atoms with Crippen molar-refractivity contribution in [1.29, 1.82) is 0 Å². The first-order valence-corrected chi connectivity index (χ1v) is 4.11. The van der Waals surface area contributed by atoms with Gasteiger partial charge in [0.15, 0.2) is 0 Å². The molecule has 0 unspecified atom stereocenters. The van der Waals surface area contributed by atoms with Crippen LogP contribution in [0.15, 0.2) is 0 Å². The zero-order valence-electron chi connectivity index (χ0n) is 6.97. The highest BCUT2D eigenvalue weighted by Crippen LogP contribution is 2.21. The Morgan fingerprint density at radius 2 is 1.80 bits per heavy atom. The van der Waals surface area contributed by atoms with Gasteiger partial charge in [0.1, 0.15) is 0 Å². The second-order valence-corrected chi connectivity index (χ2v) is 3.02. The molecule has 60 valence electrons. The van der Waals surface area contributed by atoms with E-state index in [1.54, 1.807) is 7.11 Å². The summed E-state index contributed by atoms with van der Waals surface area (Å²) < 4.78 is 0. The zero-order chi connectivity index (χ0) is 7.40. The van der Waals surface area contributed by atoms with Crippen LogP contribution in [0.2, 0.25) is 0 Å². The van der Waals surface area contributed by atoms with Gasteiger partial charge in [-0.25, -0.2) is 0 Å². The van der Waals surface area contributed by atoms with E-state index in [-0.39, 0.29) is 0 Å². The van der Waals surface area contributed by atoms with Crippen molar-refractivity contribution in [2.24, 2.45) is 0 Å². The molecular weight excluding hydrogens is 126 g/mol. The van der Waals surface area contributed by atoms with Gasteiger partial charge in [0.2, 0.25) is 0 Å². The van der Waals surface area contributed by atoms with Crippen LogP contribution in [0.3, 0.4) is 0 Å². The predicted molar refractivity (Wildman–Crippen MR) is 41.6 cm³/mol. The molecule has 0 atom stereocenters. The second kappa shape index (κ2) is 3.94. The molecule has 2 heteroatoms. The van der Waals surface area contributed by atoms with E-state index in [0.717, 1.165) is 0 Å². The summed E-state index contributed by atoms with van der Waals surface area (Å²) in [7, 11) is 3.77. The maximum absolute atomic E-state index is 5.12. The summed E-state index contributed by atoms with van der Waals surface area (Å²) >= 11 is 0. The lowest BCUT2D eigenvalue weighted by Crippen LogP contribution is -2.32. The van der Waals surface area contributed by atoms with Crippen molar-refractivity contribution in [3.63, 3.8) is 0 Å². The fourth-order valence-corrected chi connectivity index (χ4v) is 1.59. The van der Waals surface area contributed by atoms with Crippen LogP contribution in [-0.4, -0.2) is 25.3 Å². The quantitative estimate of drug-likeness (QED) is 0.547. The third kappa shape index (κ3) is 1.96. The molecule has 1 saturated carbocycles. The van der Waals surface area contributed by atoms with E-state index in [2.05, 4.69) is 0 Å². The maximum atomic E-state index is 5.12. The van der Waals surface area contributed by atoms with Crippen molar-refractivity contribution in [2.45, 2.75) is 38.1 Å². The van der Waals surface area contributed by atoms with E-state index in [1.807, 2.05) is 12.1 Å².